The number of hydrogen-bond donors (Lipinski definition) is 2. The van der Waals surface area contributed by atoms with E-state index in [0.717, 1.165) is 15.8 Å². The van der Waals surface area contributed by atoms with E-state index in [2.05, 4.69) is 31.2 Å². The van der Waals surface area contributed by atoms with Gasteiger partial charge in [-0.05, 0) is 40.2 Å². The second kappa shape index (κ2) is 5.34. The van der Waals surface area contributed by atoms with E-state index >= 15 is 0 Å². The third-order valence-corrected chi connectivity index (χ3v) is 3.26. The summed E-state index contributed by atoms with van der Waals surface area (Å²) >= 11 is 3.30. The molecule has 0 aliphatic carbocycles. The Labute approximate surface area is 123 Å². The van der Waals surface area contributed by atoms with Crippen LogP contribution in [0.5, 0.6) is 0 Å². The molecule has 0 fully saturated rings. The molecule has 3 rings (SSSR count). The highest BCUT2D eigenvalue weighted by molar-refractivity contribution is 9.10. The van der Waals surface area contributed by atoms with Crippen LogP contribution in [0.2, 0.25) is 0 Å². The van der Waals surface area contributed by atoms with Gasteiger partial charge in [-0.25, -0.2) is 4.98 Å². The predicted octanol–water partition coefficient (Wildman–Crippen LogP) is 3.22. The van der Waals surface area contributed by atoms with Gasteiger partial charge in [0, 0.05) is 34.4 Å². The van der Waals surface area contributed by atoms with Gasteiger partial charge >= 0.3 is 0 Å². The summed E-state index contributed by atoms with van der Waals surface area (Å²) in [6, 6.07) is 9.29. The van der Waals surface area contributed by atoms with Crippen LogP contribution < -0.4 is 5.32 Å². The van der Waals surface area contributed by atoms with Crippen molar-refractivity contribution in [3.63, 3.8) is 0 Å². The summed E-state index contributed by atoms with van der Waals surface area (Å²) in [5, 5.41) is 2.85. The van der Waals surface area contributed by atoms with Gasteiger partial charge in [-0.2, -0.15) is 0 Å². The topological polar surface area (TPSA) is 62.7 Å². The maximum absolute atomic E-state index is 12.0. The van der Waals surface area contributed by atoms with E-state index in [0.29, 0.717) is 5.69 Å². The van der Waals surface area contributed by atoms with E-state index in [9.17, 15) is 4.79 Å². The minimum absolute atomic E-state index is 0.182. The Morgan fingerprint density at radius 1 is 1.35 bits per heavy atom. The van der Waals surface area contributed by atoms with Gasteiger partial charge in [-0.3, -0.25) is 4.79 Å². The molecule has 3 aromatic rings. The molecule has 0 aliphatic heterocycles. The summed E-state index contributed by atoms with van der Waals surface area (Å²) in [5.41, 5.74) is 2.17. The average molecular weight is 331 g/mol. The summed E-state index contributed by atoms with van der Waals surface area (Å²) in [5.74, 6) is -0.182. The molecule has 6 heteroatoms. The number of imidazole rings is 1. The van der Waals surface area contributed by atoms with Crippen LogP contribution in [-0.4, -0.2) is 20.4 Å². The number of amides is 1. The van der Waals surface area contributed by atoms with Crippen molar-refractivity contribution in [2.24, 2.45) is 0 Å². The molecule has 0 radical (unpaired) electrons. The summed E-state index contributed by atoms with van der Waals surface area (Å²) in [7, 11) is 0. The third kappa shape index (κ3) is 2.65. The first-order chi connectivity index (χ1) is 9.72. The van der Waals surface area contributed by atoms with Crippen molar-refractivity contribution in [2.75, 3.05) is 5.32 Å². The maximum Gasteiger partial charge on any atom is 0.272 e. The standard InChI is InChI=1S/C14H11BrN4O/c15-10-6-13(17-8-10)14(20)18-11-2-1-3-12(7-11)19-5-4-16-9-19/h1-9,17H,(H,18,20). The highest BCUT2D eigenvalue weighted by atomic mass is 79.9. The molecule has 1 aromatic carbocycles. The second-order valence-electron chi connectivity index (χ2n) is 4.21. The van der Waals surface area contributed by atoms with Gasteiger partial charge in [0.05, 0.1) is 6.33 Å². The number of H-pyrrole nitrogens is 1. The fourth-order valence-corrected chi connectivity index (χ4v) is 2.20. The Bertz CT molecular complexity index is 733. The number of aromatic amines is 1. The zero-order valence-corrected chi connectivity index (χ0v) is 12.0. The number of carbonyl (C=O) groups is 1. The largest absolute Gasteiger partial charge is 0.356 e. The Hall–Kier alpha value is -2.34. The van der Waals surface area contributed by atoms with Crippen molar-refractivity contribution in [3.05, 3.63) is 65.4 Å². The van der Waals surface area contributed by atoms with Crippen LogP contribution in [-0.2, 0) is 0 Å². The first-order valence-corrected chi connectivity index (χ1v) is 6.75. The molecule has 100 valence electrons. The number of rotatable bonds is 3. The van der Waals surface area contributed by atoms with Crippen LogP contribution >= 0.6 is 15.9 Å². The van der Waals surface area contributed by atoms with Crippen molar-refractivity contribution in [2.45, 2.75) is 0 Å². The lowest BCUT2D eigenvalue weighted by Crippen LogP contribution is -2.12. The van der Waals surface area contributed by atoms with E-state index in [4.69, 9.17) is 0 Å². The number of nitrogens with zero attached hydrogens (tertiary/aromatic N) is 2. The van der Waals surface area contributed by atoms with E-state index in [1.54, 1.807) is 24.8 Å². The number of nitrogens with one attached hydrogen (secondary N) is 2. The first-order valence-electron chi connectivity index (χ1n) is 5.96. The summed E-state index contributed by atoms with van der Waals surface area (Å²) < 4.78 is 2.72. The minimum atomic E-state index is -0.182. The predicted molar refractivity (Wildman–Crippen MR) is 80.0 cm³/mol. The molecule has 2 aromatic heterocycles. The molecule has 0 saturated carbocycles. The zero-order valence-electron chi connectivity index (χ0n) is 10.4. The number of aromatic nitrogens is 3. The Morgan fingerprint density at radius 2 is 2.25 bits per heavy atom. The molecule has 20 heavy (non-hydrogen) atoms. The lowest BCUT2D eigenvalue weighted by molar-refractivity contribution is 0.102. The van der Waals surface area contributed by atoms with Crippen molar-refractivity contribution in [1.82, 2.24) is 14.5 Å². The fraction of sp³-hybridized carbons (Fsp3) is 0. The van der Waals surface area contributed by atoms with Crippen molar-refractivity contribution < 1.29 is 4.79 Å². The number of anilines is 1. The SMILES string of the molecule is O=C(Nc1cccc(-n2ccnc2)c1)c1cc(Br)c[nH]1. The van der Waals surface area contributed by atoms with Crippen LogP contribution in [0.3, 0.4) is 0 Å². The van der Waals surface area contributed by atoms with Crippen LogP contribution in [0.4, 0.5) is 5.69 Å². The molecular weight excluding hydrogens is 320 g/mol. The minimum Gasteiger partial charge on any atom is -0.356 e. The van der Waals surface area contributed by atoms with Gasteiger partial charge in [-0.1, -0.05) is 6.07 Å². The molecule has 2 heterocycles. The molecule has 0 aliphatic rings. The van der Waals surface area contributed by atoms with Gasteiger partial charge in [0.25, 0.3) is 5.91 Å². The monoisotopic (exact) mass is 330 g/mol. The lowest BCUT2D eigenvalue weighted by Gasteiger charge is -2.07. The molecule has 0 spiro atoms. The molecule has 0 atom stereocenters. The van der Waals surface area contributed by atoms with Gasteiger partial charge in [-0.15, -0.1) is 0 Å². The quantitative estimate of drug-likeness (QED) is 0.774. The van der Waals surface area contributed by atoms with Crippen LogP contribution in [0.1, 0.15) is 10.5 Å². The number of hydrogen-bond acceptors (Lipinski definition) is 2. The Kier molecular flexibility index (Phi) is 3.39. The highest BCUT2D eigenvalue weighted by Gasteiger charge is 2.08. The zero-order chi connectivity index (χ0) is 13.9. The maximum atomic E-state index is 12.0. The fourth-order valence-electron chi connectivity index (χ4n) is 1.85. The summed E-state index contributed by atoms with van der Waals surface area (Å²) in [6.07, 6.45) is 6.99. The Balaban J connectivity index is 1.81. The molecule has 0 unspecified atom stereocenters. The van der Waals surface area contributed by atoms with E-state index in [1.165, 1.54) is 0 Å². The Morgan fingerprint density at radius 3 is 2.95 bits per heavy atom. The van der Waals surface area contributed by atoms with Crippen molar-refractivity contribution in [3.8, 4) is 5.69 Å². The molecule has 1 amide bonds. The number of carbonyl (C=O) groups excluding carboxylic acids is 1. The highest BCUT2D eigenvalue weighted by Crippen LogP contribution is 2.16. The second-order valence-corrected chi connectivity index (χ2v) is 5.12. The lowest BCUT2D eigenvalue weighted by atomic mass is 10.2. The molecule has 5 nitrogen and oxygen atoms in total. The van der Waals surface area contributed by atoms with Gasteiger partial charge in [0.15, 0.2) is 0 Å². The van der Waals surface area contributed by atoms with E-state index in [-0.39, 0.29) is 5.91 Å². The normalized spacial score (nSPS) is 10.4. The summed E-state index contributed by atoms with van der Waals surface area (Å²) in [6.45, 7) is 0. The van der Waals surface area contributed by atoms with Gasteiger partial charge in [0.2, 0.25) is 0 Å². The van der Waals surface area contributed by atoms with Crippen molar-refractivity contribution >= 4 is 27.5 Å². The number of halogens is 1. The molecule has 0 bridgehead atoms. The van der Waals surface area contributed by atoms with E-state index in [1.807, 2.05) is 35.0 Å². The first kappa shape index (κ1) is 12.7. The van der Waals surface area contributed by atoms with E-state index < -0.39 is 0 Å². The molecule has 0 saturated heterocycles. The van der Waals surface area contributed by atoms with Crippen LogP contribution in [0, 0.1) is 0 Å². The molecule has 2 N–H and O–H groups in total. The van der Waals surface area contributed by atoms with Crippen LogP contribution in [0.15, 0.2) is 59.7 Å². The molecular formula is C14H11BrN4O. The smallest absolute Gasteiger partial charge is 0.272 e. The van der Waals surface area contributed by atoms with Gasteiger partial charge in [0.1, 0.15) is 5.69 Å². The van der Waals surface area contributed by atoms with Crippen molar-refractivity contribution in [1.29, 1.82) is 0 Å². The summed E-state index contributed by atoms with van der Waals surface area (Å²) in [4.78, 5) is 18.9. The van der Waals surface area contributed by atoms with Crippen LogP contribution in [0.25, 0.3) is 5.69 Å². The average Bonchev–Trinajstić information content (AvgIpc) is 3.10. The van der Waals surface area contributed by atoms with Gasteiger partial charge < -0.3 is 14.9 Å². The third-order valence-electron chi connectivity index (χ3n) is 2.80. The number of benzene rings is 1.